The van der Waals surface area contributed by atoms with Crippen LogP contribution in [0.2, 0.25) is 0 Å². The zero-order valence-electron chi connectivity index (χ0n) is 12.2. The minimum Gasteiger partial charge on any atom is -0.368 e. The van der Waals surface area contributed by atoms with E-state index in [9.17, 15) is 10.1 Å². The first kappa shape index (κ1) is 14.8. The van der Waals surface area contributed by atoms with Gasteiger partial charge in [0.2, 0.25) is 0 Å². The Labute approximate surface area is 120 Å². The van der Waals surface area contributed by atoms with Crippen LogP contribution in [0.3, 0.4) is 0 Å². The molecule has 20 heavy (non-hydrogen) atoms. The van der Waals surface area contributed by atoms with E-state index in [4.69, 9.17) is 0 Å². The van der Waals surface area contributed by atoms with Gasteiger partial charge >= 0.3 is 0 Å². The molecule has 1 aromatic rings. The van der Waals surface area contributed by atoms with Gasteiger partial charge in [-0.3, -0.25) is 10.1 Å². The lowest BCUT2D eigenvalue weighted by atomic mass is 10.0. The predicted octanol–water partition coefficient (Wildman–Crippen LogP) is 2.95. The summed E-state index contributed by atoms with van der Waals surface area (Å²) in [5.41, 5.74) is 1.20. The molecule has 110 valence electrons. The molecular weight excluding hydrogens is 254 g/mol. The highest BCUT2D eigenvalue weighted by Gasteiger charge is 2.19. The highest BCUT2D eigenvalue weighted by atomic mass is 16.6. The van der Waals surface area contributed by atoms with Crippen LogP contribution in [0, 0.1) is 10.1 Å². The molecule has 5 heteroatoms. The van der Waals surface area contributed by atoms with E-state index in [1.54, 1.807) is 12.1 Å². The summed E-state index contributed by atoms with van der Waals surface area (Å²) in [6.45, 7) is 6.36. The van der Waals surface area contributed by atoms with E-state index in [0.29, 0.717) is 12.1 Å². The van der Waals surface area contributed by atoms with Gasteiger partial charge in [-0.2, -0.15) is 0 Å². The highest BCUT2D eigenvalue weighted by Crippen LogP contribution is 2.22. The van der Waals surface area contributed by atoms with Crippen LogP contribution >= 0.6 is 0 Å². The van der Waals surface area contributed by atoms with Crippen molar-refractivity contribution in [1.29, 1.82) is 0 Å². The number of non-ortho nitro benzene ring substituents is 1. The van der Waals surface area contributed by atoms with Crippen LogP contribution < -0.4 is 10.2 Å². The van der Waals surface area contributed by atoms with Crippen LogP contribution in [0.5, 0.6) is 0 Å². The fourth-order valence-electron chi connectivity index (χ4n) is 2.70. The SMILES string of the molecule is CC(C)N(CC1CCCCN1)c1ccc([N+](=O)[O-])cc1. The van der Waals surface area contributed by atoms with Gasteiger partial charge in [-0.25, -0.2) is 0 Å². The van der Waals surface area contributed by atoms with E-state index >= 15 is 0 Å². The van der Waals surface area contributed by atoms with Gasteiger partial charge in [0.25, 0.3) is 5.69 Å². The summed E-state index contributed by atoms with van der Waals surface area (Å²) in [5.74, 6) is 0. The smallest absolute Gasteiger partial charge is 0.269 e. The van der Waals surface area contributed by atoms with E-state index in [-0.39, 0.29) is 10.6 Å². The summed E-state index contributed by atoms with van der Waals surface area (Å²) in [7, 11) is 0. The number of anilines is 1. The van der Waals surface area contributed by atoms with Gasteiger partial charge in [0.05, 0.1) is 4.92 Å². The second kappa shape index (κ2) is 6.70. The Morgan fingerprint density at radius 1 is 1.35 bits per heavy atom. The first-order valence-electron chi connectivity index (χ1n) is 7.32. The van der Waals surface area contributed by atoms with Gasteiger partial charge in [-0.15, -0.1) is 0 Å². The van der Waals surface area contributed by atoms with Crippen LogP contribution in [0.4, 0.5) is 11.4 Å². The number of nitro benzene ring substituents is 1. The Morgan fingerprint density at radius 3 is 2.55 bits per heavy atom. The third-order valence-electron chi connectivity index (χ3n) is 3.84. The van der Waals surface area contributed by atoms with E-state index in [1.807, 2.05) is 12.1 Å². The molecule has 1 atom stereocenters. The predicted molar refractivity (Wildman–Crippen MR) is 81.2 cm³/mol. The highest BCUT2D eigenvalue weighted by molar-refractivity contribution is 5.51. The fraction of sp³-hybridized carbons (Fsp3) is 0.600. The van der Waals surface area contributed by atoms with Crippen LogP contribution in [0.15, 0.2) is 24.3 Å². The standard InChI is InChI=1S/C15H23N3O2/c1-12(2)17(11-13-5-3-4-10-16-13)14-6-8-15(9-7-14)18(19)20/h6-9,12-13,16H,3-5,10-11H2,1-2H3. The van der Waals surface area contributed by atoms with Crippen molar-refractivity contribution in [3.05, 3.63) is 34.4 Å². The molecule has 1 aliphatic rings. The first-order chi connectivity index (χ1) is 9.58. The lowest BCUT2D eigenvalue weighted by molar-refractivity contribution is -0.384. The van der Waals surface area contributed by atoms with Crippen LogP contribution in [0.25, 0.3) is 0 Å². The van der Waals surface area contributed by atoms with Gasteiger partial charge in [0, 0.05) is 36.4 Å². The van der Waals surface area contributed by atoms with E-state index in [1.165, 1.54) is 19.3 Å². The molecule has 1 heterocycles. The lowest BCUT2D eigenvalue weighted by Crippen LogP contribution is -2.46. The summed E-state index contributed by atoms with van der Waals surface area (Å²) in [4.78, 5) is 12.7. The van der Waals surface area contributed by atoms with Gasteiger partial charge < -0.3 is 10.2 Å². The minimum atomic E-state index is -0.355. The maximum absolute atomic E-state index is 10.7. The maximum Gasteiger partial charge on any atom is 0.269 e. The van der Waals surface area contributed by atoms with Crippen LogP contribution in [-0.2, 0) is 0 Å². The van der Waals surface area contributed by atoms with Crippen molar-refractivity contribution in [3.63, 3.8) is 0 Å². The number of nitrogens with one attached hydrogen (secondary N) is 1. The molecule has 1 aliphatic heterocycles. The van der Waals surface area contributed by atoms with E-state index in [2.05, 4.69) is 24.1 Å². The van der Waals surface area contributed by atoms with Crippen LogP contribution in [-0.4, -0.2) is 30.1 Å². The van der Waals surface area contributed by atoms with Crippen molar-refractivity contribution < 1.29 is 4.92 Å². The molecule has 0 bridgehead atoms. The topological polar surface area (TPSA) is 58.4 Å². The second-order valence-electron chi connectivity index (χ2n) is 5.67. The fourth-order valence-corrected chi connectivity index (χ4v) is 2.70. The molecule has 0 aromatic heterocycles. The van der Waals surface area contributed by atoms with Crippen molar-refractivity contribution in [1.82, 2.24) is 5.32 Å². The quantitative estimate of drug-likeness (QED) is 0.664. The van der Waals surface area contributed by atoms with Gasteiger partial charge in [0.15, 0.2) is 0 Å². The molecule has 1 fully saturated rings. The Hall–Kier alpha value is -1.62. The summed E-state index contributed by atoms with van der Waals surface area (Å²) in [6.07, 6.45) is 3.75. The maximum atomic E-state index is 10.7. The van der Waals surface area contributed by atoms with E-state index < -0.39 is 0 Å². The summed E-state index contributed by atoms with van der Waals surface area (Å²) in [6, 6.07) is 7.75. The molecular formula is C15H23N3O2. The molecule has 0 aliphatic carbocycles. The molecule has 1 aromatic carbocycles. The molecule has 0 saturated carbocycles. The molecule has 1 saturated heterocycles. The summed E-state index contributed by atoms with van der Waals surface area (Å²) >= 11 is 0. The molecule has 0 spiro atoms. The molecule has 1 N–H and O–H groups in total. The van der Waals surface area contributed by atoms with Gasteiger partial charge in [-0.1, -0.05) is 6.42 Å². The molecule has 0 radical (unpaired) electrons. The van der Waals surface area contributed by atoms with Gasteiger partial charge in [0.1, 0.15) is 0 Å². The number of benzene rings is 1. The Kier molecular flexibility index (Phi) is 4.95. The third-order valence-corrected chi connectivity index (χ3v) is 3.84. The number of piperidine rings is 1. The van der Waals surface area contributed by atoms with E-state index in [0.717, 1.165) is 18.8 Å². The molecule has 0 amide bonds. The second-order valence-corrected chi connectivity index (χ2v) is 5.67. The van der Waals surface area contributed by atoms with Crippen LogP contribution in [0.1, 0.15) is 33.1 Å². The first-order valence-corrected chi connectivity index (χ1v) is 7.32. The number of nitrogens with zero attached hydrogens (tertiary/aromatic N) is 2. The number of rotatable bonds is 5. The third kappa shape index (κ3) is 3.70. The minimum absolute atomic E-state index is 0.147. The van der Waals surface area contributed by atoms with Crippen molar-refractivity contribution >= 4 is 11.4 Å². The largest absolute Gasteiger partial charge is 0.368 e. The Bertz CT molecular complexity index is 439. The Morgan fingerprint density at radius 2 is 2.05 bits per heavy atom. The number of nitro groups is 1. The summed E-state index contributed by atoms with van der Waals surface area (Å²) < 4.78 is 0. The molecule has 1 unspecified atom stereocenters. The zero-order valence-corrected chi connectivity index (χ0v) is 12.2. The van der Waals surface area contributed by atoms with Crippen molar-refractivity contribution in [2.45, 2.75) is 45.2 Å². The molecule has 2 rings (SSSR count). The van der Waals surface area contributed by atoms with Crippen molar-refractivity contribution in [3.8, 4) is 0 Å². The number of hydrogen-bond acceptors (Lipinski definition) is 4. The van der Waals surface area contributed by atoms with Crippen molar-refractivity contribution in [2.24, 2.45) is 0 Å². The summed E-state index contributed by atoms with van der Waals surface area (Å²) in [5, 5.41) is 14.3. The lowest BCUT2D eigenvalue weighted by Gasteiger charge is -2.34. The van der Waals surface area contributed by atoms with Crippen molar-refractivity contribution in [2.75, 3.05) is 18.0 Å². The zero-order chi connectivity index (χ0) is 14.5. The normalized spacial score (nSPS) is 19.1. The molecule has 5 nitrogen and oxygen atoms in total. The monoisotopic (exact) mass is 277 g/mol. The van der Waals surface area contributed by atoms with Gasteiger partial charge in [-0.05, 0) is 45.4 Å². The average Bonchev–Trinajstić information content (AvgIpc) is 2.45. The number of hydrogen-bond donors (Lipinski definition) is 1. The Balaban J connectivity index is 2.09. The average molecular weight is 277 g/mol.